The normalized spacial score (nSPS) is 10.9. The second kappa shape index (κ2) is 7.28. The number of hydrogen-bond donors (Lipinski definition) is 1. The Balaban J connectivity index is 2.80. The van der Waals surface area contributed by atoms with Gasteiger partial charge in [-0.05, 0) is 47.8 Å². The highest BCUT2D eigenvalue weighted by Crippen LogP contribution is 2.22. The maximum atomic E-state index is 4.57. The zero-order valence-electron chi connectivity index (χ0n) is 13.1. The highest BCUT2D eigenvalue weighted by molar-refractivity contribution is 5.58. The topological polar surface area (TPSA) is 44.3 Å². The SMILES string of the molecule is CCNc1nc(C)nc(N(C)CCCN(C)C)c1C. The Hall–Kier alpha value is -1.36. The molecule has 1 heterocycles. The van der Waals surface area contributed by atoms with Gasteiger partial charge in [-0.3, -0.25) is 0 Å². The zero-order valence-corrected chi connectivity index (χ0v) is 13.1. The largest absolute Gasteiger partial charge is 0.370 e. The summed E-state index contributed by atoms with van der Waals surface area (Å²) in [7, 11) is 6.30. The van der Waals surface area contributed by atoms with Gasteiger partial charge in [0.25, 0.3) is 0 Å². The van der Waals surface area contributed by atoms with Gasteiger partial charge in [0.1, 0.15) is 17.5 Å². The molecule has 0 atom stereocenters. The molecule has 0 unspecified atom stereocenters. The third kappa shape index (κ3) is 4.67. The highest BCUT2D eigenvalue weighted by Gasteiger charge is 2.12. The molecule has 0 aliphatic rings. The number of nitrogens with zero attached hydrogens (tertiary/aromatic N) is 4. The quantitative estimate of drug-likeness (QED) is 0.816. The van der Waals surface area contributed by atoms with E-state index in [-0.39, 0.29) is 0 Å². The van der Waals surface area contributed by atoms with Crippen molar-refractivity contribution in [1.82, 2.24) is 14.9 Å². The lowest BCUT2D eigenvalue weighted by atomic mass is 10.2. The lowest BCUT2D eigenvalue weighted by Crippen LogP contribution is -2.25. The summed E-state index contributed by atoms with van der Waals surface area (Å²) in [4.78, 5) is 13.5. The van der Waals surface area contributed by atoms with Crippen LogP contribution in [0.2, 0.25) is 0 Å². The summed E-state index contributed by atoms with van der Waals surface area (Å²) in [5.41, 5.74) is 1.12. The number of nitrogens with one attached hydrogen (secondary N) is 1. The van der Waals surface area contributed by atoms with Crippen molar-refractivity contribution < 1.29 is 0 Å². The van der Waals surface area contributed by atoms with Crippen LogP contribution in [0.1, 0.15) is 24.7 Å². The lowest BCUT2D eigenvalue weighted by molar-refractivity contribution is 0.401. The van der Waals surface area contributed by atoms with Crippen LogP contribution in [0.15, 0.2) is 0 Å². The Labute approximate surface area is 117 Å². The van der Waals surface area contributed by atoms with Crippen LogP contribution in [-0.2, 0) is 0 Å². The summed E-state index contributed by atoms with van der Waals surface area (Å²) in [6.07, 6.45) is 1.13. The van der Waals surface area contributed by atoms with Crippen LogP contribution in [0.3, 0.4) is 0 Å². The monoisotopic (exact) mass is 265 g/mol. The maximum Gasteiger partial charge on any atom is 0.137 e. The van der Waals surface area contributed by atoms with Crippen LogP contribution in [-0.4, -0.2) is 55.6 Å². The molecular weight excluding hydrogens is 238 g/mol. The summed E-state index contributed by atoms with van der Waals surface area (Å²) in [5.74, 6) is 2.79. The van der Waals surface area contributed by atoms with E-state index in [0.29, 0.717) is 0 Å². The Morgan fingerprint density at radius 1 is 1.05 bits per heavy atom. The number of anilines is 2. The van der Waals surface area contributed by atoms with E-state index >= 15 is 0 Å². The molecule has 5 heteroatoms. The summed E-state index contributed by atoms with van der Waals surface area (Å²) in [5, 5.41) is 3.30. The predicted molar refractivity (Wildman–Crippen MR) is 82.1 cm³/mol. The van der Waals surface area contributed by atoms with Crippen molar-refractivity contribution in [2.75, 3.05) is 51.0 Å². The first-order chi connectivity index (χ1) is 8.95. The molecule has 0 bridgehead atoms. The molecule has 0 saturated carbocycles. The molecule has 0 aromatic carbocycles. The van der Waals surface area contributed by atoms with Gasteiger partial charge in [0, 0.05) is 25.7 Å². The number of rotatable bonds is 7. The first kappa shape index (κ1) is 15.7. The average molecular weight is 265 g/mol. The van der Waals surface area contributed by atoms with Gasteiger partial charge in [-0.15, -0.1) is 0 Å². The molecule has 1 rings (SSSR count). The van der Waals surface area contributed by atoms with Crippen molar-refractivity contribution in [3.8, 4) is 0 Å². The van der Waals surface area contributed by atoms with E-state index in [2.05, 4.69) is 60.1 Å². The molecule has 19 heavy (non-hydrogen) atoms. The van der Waals surface area contributed by atoms with E-state index < -0.39 is 0 Å². The minimum absolute atomic E-state index is 0.816. The Kier molecular flexibility index (Phi) is 6.02. The third-order valence-electron chi connectivity index (χ3n) is 3.04. The van der Waals surface area contributed by atoms with Gasteiger partial charge in [0.05, 0.1) is 0 Å². The van der Waals surface area contributed by atoms with Crippen LogP contribution in [0.25, 0.3) is 0 Å². The summed E-state index contributed by atoms with van der Waals surface area (Å²) in [6, 6.07) is 0. The van der Waals surface area contributed by atoms with E-state index in [0.717, 1.165) is 49.1 Å². The van der Waals surface area contributed by atoms with Crippen LogP contribution in [0.5, 0.6) is 0 Å². The molecule has 0 aliphatic carbocycles. The van der Waals surface area contributed by atoms with E-state index in [1.54, 1.807) is 0 Å². The molecule has 0 amide bonds. The Morgan fingerprint density at radius 3 is 2.32 bits per heavy atom. The first-order valence-corrected chi connectivity index (χ1v) is 6.90. The zero-order chi connectivity index (χ0) is 14.4. The Bertz CT molecular complexity index is 403. The average Bonchev–Trinajstić information content (AvgIpc) is 2.33. The summed E-state index contributed by atoms with van der Waals surface area (Å²) < 4.78 is 0. The van der Waals surface area contributed by atoms with Crippen molar-refractivity contribution in [2.45, 2.75) is 27.2 Å². The standard InChI is InChI=1S/C14H27N5/c1-7-15-13-11(2)14(17-12(3)16-13)19(6)10-8-9-18(4)5/h7-10H2,1-6H3,(H,15,16,17). The second-order valence-electron chi connectivity index (χ2n) is 5.18. The van der Waals surface area contributed by atoms with Crippen molar-refractivity contribution in [3.05, 3.63) is 11.4 Å². The van der Waals surface area contributed by atoms with Crippen molar-refractivity contribution in [1.29, 1.82) is 0 Å². The van der Waals surface area contributed by atoms with Crippen LogP contribution in [0.4, 0.5) is 11.6 Å². The molecule has 0 saturated heterocycles. The van der Waals surface area contributed by atoms with Crippen LogP contribution >= 0.6 is 0 Å². The summed E-state index contributed by atoms with van der Waals surface area (Å²) in [6.45, 7) is 9.07. The van der Waals surface area contributed by atoms with E-state index in [1.807, 2.05) is 6.92 Å². The number of hydrogen-bond acceptors (Lipinski definition) is 5. The highest BCUT2D eigenvalue weighted by atomic mass is 15.2. The molecule has 5 nitrogen and oxygen atoms in total. The molecule has 0 aliphatic heterocycles. The molecular formula is C14H27N5. The maximum absolute atomic E-state index is 4.57. The number of aromatic nitrogens is 2. The van der Waals surface area contributed by atoms with Gasteiger partial charge in [-0.2, -0.15) is 0 Å². The van der Waals surface area contributed by atoms with Gasteiger partial charge in [-0.1, -0.05) is 0 Å². The fourth-order valence-electron chi connectivity index (χ4n) is 2.05. The van der Waals surface area contributed by atoms with Gasteiger partial charge in [-0.25, -0.2) is 9.97 Å². The smallest absolute Gasteiger partial charge is 0.137 e. The van der Waals surface area contributed by atoms with Crippen molar-refractivity contribution in [2.24, 2.45) is 0 Å². The van der Waals surface area contributed by atoms with Crippen molar-refractivity contribution in [3.63, 3.8) is 0 Å². The molecule has 0 fully saturated rings. The first-order valence-electron chi connectivity index (χ1n) is 6.90. The minimum Gasteiger partial charge on any atom is -0.370 e. The number of aryl methyl sites for hydroxylation is 1. The molecule has 1 aromatic rings. The van der Waals surface area contributed by atoms with E-state index in [9.17, 15) is 0 Å². The van der Waals surface area contributed by atoms with Gasteiger partial charge in [0.15, 0.2) is 0 Å². The fourth-order valence-corrected chi connectivity index (χ4v) is 2.05. The molecule has 1 N–H and O–H groups in total. The molecule has 108 valence electrons. The molecule has 0 spiro atoms. The Morgan fingerprint density at radius 2 is 1.74 bits per heavy atom. The van der Waals surface area contributed by atoms with Crippen LogP contribution < -0.4 is 10.2 Å². The van der Waals surface area contributed by atoms with Gasteiger partial charge >= 0.3 is 0 Å². The molecule has 0 radical (unpaired) electrons. The van der Waals surface area contributed by atoms with E-state index in [4.69, 9.17) is 0 Å². The minimum atomic E-state index is 0.816. The van der Waals surface area contributed by atoms with Gasteiger partial charge in [0.2, 0.25) is 0 Å². The van der Waals surface area contributed by atoms with E-state index in [1.165, 1.54) is 0 Å². The van der Waals surface area contributed by atoms with Crippen molar-refractivity contribution >= 4 is 11.6 Å². The third-order valence-corrected chi connectivity index (χ3v) is 3.04. The van der Waals surface area contributed by atoms with Gasteiger partial charge < -0.3 is 15.1 Å². The molecule has 1 aromatic heterocycles. The predicted octanol–water partition coefficient (Wildman–Crippen LogP) is 1.91. The second-order valence-corrected chi connectivity index (χ2v) is 5.18. The lowest BCUT2D eigenvalue weighted by Gasteiger charge is -2.22. The van der Waals surface area contributed by atoms with Crippen LogP contribution in [0, 0.1) is 13.8 Å². The fraction of sp³-hybridized carbons (Fsp3) is 0.714. The summed E-state index contributed by atoms with van der Waals surface area (Å²) >= 11 is 0.